The van der Waals surface area contributed by atoms with Gasteiger partial charge in [0, 0.05) is 23.9 Å². The van der Waals surface area contributed by atoms with Crippen LogP contribution in [-0.4, -0.2) is 57.1 Å². The second kappa shape index (κ2) is 22.2. The summed E-state index contributed by atoms with van der Waals surface area (Å²) in [5.41, 5.74) is 5.84. The highest BCUT2D eigenvalue weighted by atomic mass is 16.6. The second-order valence-corrected chi connectivity index (χ2v) is 15.9. The van der Waals surface area contributed by atoms with Crippen molar-refractivity contribution in [2.45, 2.75) is 96.2 Å². The Kier molecular flexibility index (Phi) is 15.8. The van der Waals surface area contributed by atoms with Gasteiger partial charge in [0.05, 0.1) is 44.2 Å². The van der Waals surface area contributed by atoms with Gasteiger partial charge in [-0.05, 0) is 128 Å². The Hall–Kier alpha value is -5.44. The fourth-order valence-corrected chi connectivity index (χ4v) is 7.32. The van der Waals surface area contributed by atoms with Crippen molar-refractivity contribution in [3.8, 4) is 39.5 Å². The average Bonchev–Trinajstić information content (AvgIpc) is 4.24. The molecule has 5 aromatic rings. The molecule has 2 fully saturated rings. The van der Waals surface area contributed by atoms with E-state index in [2.05, 4.69) is 19.1 Å². The first-order valence-electron chi connectivity index (χ1n) is 22.1. The van der Waals surface area contributed by atoms with Crippen LogP contribution in [0.5, 0.6) is 17.2 Å². The third-order valence-corrected chi connectivity index (χ3v) is 11.1. The summed E-state index contributed by atoms with van der Waals surface area (Å²) in [6.07, 6.45) is 14.1. The van der Waals surface area contributed by atoms with Crippen LogP contribution in [0, 0.1) is 0 Å². The number of carbonyl (C=O) groups excluding carboxylic acids is 2. The summed E-state index contributed by atoms with van der Waals surface area (Å²) in [5.74, 6) is 1.53. The van der Waals surface area contributed by atoms with Crippen LogP contribution in [0.2, 0.25) is 0 Å². The van der Waals surface area contributed by atoms with Crippen molar-refractivity contribution in [2.24, 2.45) is 0 Å². The SMILES string of the molecule is CCCCCCCCN(C(=O)c1ccc(-c2ccc(OCCCCC3CO3)cc2)cc1)c1cccc(OC(=O)c2ccc(-c3ccc(OCCCCC4CO4)cc3)cc2)c1. The molecule has 60 heavy (non-hydrogen) atoms. The Morgan fingerprint density at radius 1 is 0.550 bits per heavy atom. The molecule has 7 rings (SSSR count). The van der Waals surface area contributed by atoms with Gasteiger partial charge in [-0.25, -0.2) is 4.79 Å². The lowest BCUT2D eigenvalue weighted by atomic mass is 10.0. The lowest BCUT2D eigenvalue weighted by molar-refractivity contribution is 0.0734. The number of hydrogen-bond acceptors (Lipinski definition) is 7. The van der Waals surface area contributed by atoms with Crippen LogP contribution >= 0.6 is 0 Å². The number of anilines is 1. The van der Waals surface area contributed by atoms with Crippen molar-refractivity contribution in [3.63, 3.8) is 0 Å². The normalized spacial score (nSPS) is 15.3. The van der Waals surface area contributed by atoms with Crippen molar-refractivity contribution >= 4 is 17.6 Å². The molecule has 0 aliphatic carbocycles. The van der Waals surface area contributed by atoms with E-state index in [9.17, 15) is 9.59 Å². The topological polar surface area (TPSA) is 90.1 Å². The number of carbonyl (C=O) groups is 2. The lowest BCUT2D eigenvalue weighted by Gasteiger charge is -2.24. The van der Waals surface area contributed by atoms with E-state index in [-0.39, 0.29) is 5.91 Å². The fourth-order valence-electron chi connectivity index (χ4n) is 7.32. The van der Waals surface area contributed by atoms with E-state index in [1.54, 1.807) is 24.3 Å². The number of nitrogens with zero attached hydrogens (tertiary/aromatic N) is 1. The molecular formula is C52H59NO7. The Bertz CT molecular complexity index is 2070. The Morgan fingerprint density at radius 3 is 1.55 bits per heavy atom. The Labute approximate surface area is 355 Å². The fraction of sp³-hybridized carbons (Fsp3) is 0.385. The summed E-state index contributed by atoms with van der Waals surface area (Å²) in [4.78, 5) is 29.4. The summed E-state index contributed by atoms with van der Waals surface area (Å²) in [6.45, 7) is 5.98. The van der Waals surface area contributed by atoms with Crippen molar-refractivity contribution in [1.82, 2.24) is 0 Å². The van der Waals surface area contributed by atoms with Crippen molar-refractivity contribution in [3.05, 3.63) is 132 Å². The number of hydrogen-bond donors (Lipinski definition) is 0. The number of unbranched alkanes of at least 4 members (excludes halogenated alkanes) is 7. The van der Waals surface area contributed by atoms with E-state index in [0.29, 0.717) is 54.5 Å². The molecule has 2 aliphatic heterocycles. The third-order valence-electron chi connectivity index (χ3n) is 11.1. The van der Waals surface area contributed by atoms with Gasteiger partial charge in [-0.1, -0.05) is 93.6 Å². The molecule has 0 bridgehead atoms. The summed E-state index contributed by atoms with van der Waals surface area (Å²) in [7, 11) is 0. The van der Waals surface area contributed by atoms with Gasteiger partial charge in [0.2, 0.25) is 0 Å². The molecule has 2 unspecified atom stereocenters. The van der Waals surface area contributed by atoms with Crippen LogP contribution in [0.4, 0.5) is 5.69 Å². The number of benzene rings is 5. The first kappa shape index (κ1) is 42.7. The van der Waals surface area contributed by atoms with E-state index in [0.717, 1.165) is 105 Å². The van der Waals surface area contributed by atoms with Gasteiger partial charge in [0.25, 0.3) is 5.91 Å². The van der Waals surface area contributed by atoms with Gasteiger partial charge >= 0.3 is 5.97 Å². The third kappa shape index (κ3) is 13.3. The molecule has 0 aromatic heterocycles. The molecule has 5 aromatic carbocycles. The van der Waals surface area contributed by atoms with Crippen LogP contribution in [0.25, 0.3) is 22.3 Å². The number of rotatable bonds is 25. The number of ether oxygens (including phenoxy) is 5. The predicted octanol–water partition coefficient (Wildman–Crippen LogP) is 12.1. The number of esters is 1. The van der Waals surface area contributed by atoms with Crippen LogP contribution in [0.3, 0.4) is 0 Å². The lowest BCUT2D eigenvalue weighted by Crippen LogP contribution is -2.32. The maximum Gasteiger partial charge on any atom is 0.343 e. The van der Waals surface area contributed by atoms with Crippen LogP contribution in [0.1, 0.15) is 105 Å². The standard InChI is InChI=1S/C52H59NO7/c1-2-3-4-5-6-9-33-53(51(54)43-21-17-39(18-22-43)41-25-29-46(30-26-41)56-34-10-7-14-49-37-58-49)45-13-12-16-48(36-45)60-52(55)44-23-19-40(20-24-44)42-27-31-47(32-28-42)57-35-11-8-15-50-38-59-50/h12-13,16-32,36,49-50H,2-11,14-15,33-35,37-38H2,1H3. The Morgan fingerprint density at radius 2 is 1.03 bits per heavy atom. The Balaban J connectivity index is 0.951. The van der Waals surface area contributed by atoms with Gasteiger partial charge in [0.1, 0.15) is 17.2 Å². The monoisotopic (exact) mass is 809 g/mol. The molecular weight excluding hydrogens is 751 g/mol. The van der Waals surface area contributed by atoms with Crippen molar-refractivity contribution in [2.75, 3.05) is 37.9 Å². The second-order valence-electron chi connectivity index (χ2n) is 15.9. The zero-order valence-electron chi connectivity index (χ0n) is 35.0. The van der Waals surface area contributed by atoms with Gasteiger partial charge in [-0.2, -0.15) is 0 Å². The first-order chi connectivity index (χ1) is 29.5. The van der Waals surface area contributed by atoms with Gasteiger partial charge in [-0.3, -0.25) is 4.79 Å². The first-order valence-corrected chi connectivity index (χ1v) is 22.1. The summed E-state index contributed by atoms with van der Waals surface area (Å²) >= 11 is 0. The number of amides is 1. The highest BCUT2D eigenvalue weighted by molar-refractivity contribution is 6.06. The summed E-state index contributed by atoms with van der Waals surface area (Å²) in [6, 6.07) is 38.6. The molecule has 8 nitrogen and oxygen atoms in total. The zero-order chi connectivity index (χ0) is 41.4. The molecule has 0 spiro atoms. The van der Waals surface area contributed by atoms with Crippen molar-refractivity contribution in [1.29, 1.82) is 0 Å². The highest BCUT2D eigenvalue weighted by Gasteiger charge is 2.22. The smallest absolute Gasteiger partial charge is 0.343 e. The maximum absolute atomic E-state index is 14.2. The van der Waals surface area contributed by atoms with E-state index >= 15 is 0 Å². The van der Waals surface area contributed by atoms with E-state index in [1.165, 1.54) is 19.3 Å². The molecule has 2 saturated heterocycles. The molecule has 2 heterocycles. The van der Waals surface area contributed by atoms with Gasteiger partial charge in [0.15, 0.2) is 0 Å². The quantitative estimate of drug-likeness (QED) is 0.0251. The minimum Gasteiger partial charge on any atom is -0.494 e. The molecule has 314 valence electrons. The molecule has 0 saturated carbocycles. The maximum atomic E-state index is 14.2. The minimum atomic E-state index is -0.459. The van der Waals surface area contributed by atoms with Crippen LogP contribution < -0.4 is 19.1 Å². The summed E-state index contributed by atoms with van der Waals surface area (Å²) < 4.78 is 28.3. The van der Waals surface area contributed by atoms with Gasteiger partial charge in [-0.15, -0.1) is 0 Å². The van der Waals surface area contributed by atoms with E-state index < -0.39 is 5.97 Å². The molecule has 0 radical (unpaired) electrons. The average molecular weight is 810 g/mol. The van der Waals surface area contributed by atoms with E-state index in [1.807, 2.05) is 89.8 Å². The molecule has 2 aliphatic rings. The van der Waals surface area contributed by atoms with Crippen molar-refractivity contribution < 1.29 is 33.3 Å². The molecule has 1 amide bonds. The highest BCUT2D eigenvalue weighted by Crippen LogP contribution is 2.29. The van der Waals surface area contributed by atoms with Crippen LogP contribution in [0.15, 0.2) is 121 Å². The van der Waals surface area contributed by atoms with E-state index in [4.69, 9.17) is 23.7 Å². The van der Waals surface area contributed by atoms with Gasteiger partial charge < -0.3 is 28.6 Å². The molecule has 2 atom stereocenters. The van der Waals surface area contributed by atoms with Crippen LogP contribution in [-0.2, 0) is 9.47 Å². The largest absolute Gasteiger partial charge is 0.494 e. The zero-order valence-corrected chi connectivity index (χ0v) is 35.0. The number of epoxide rings is 2. The molecule has 8 heteroatoms. The predicted molar refractivity (Wildman–Crippen MR) is 238 cm³/mol. The molecule has 0 N–H and O–H groups in total. The summed E-state index contributed by atoms with van der Waals surface area (Å²) in [5, 5.41) is 0. The minimum absolute atomic E-state index is 0.0924.